The Kier molecular flexibility index (Phi) is 4.57. The van der Waals surface area contributed by atoms with E-state index in [1.165, 1.54) is 11.3 Å². The van der Waals surface area contributed by atoms with Crippen LogP contribution in [0.2, 0.25) is 0 Å². The van der Waals surface area contributed by atoms with Crippen molar-refractivity contribution >= 4 is 22.4 Å². The van der Waals surface area contributed by atoms with Gasteiger partial charge in [0.15, 0.2) is 5.13 Å². The van der Waals surface area contributed by atoms with E-state index in [0.717, 1.165) is 29.2 Å². The van der Waals surface area contributed by atoms with Crippen molar-refractivity contribution in [3.63, 3.8) is 0 Å². The number of nitrogens with one attached hydrogen (secondary N) is 1. The third kappa shape index (κ3) is 3.26. The van der Waals surface area contributed by atoms with E-state index in [0.29, 0.717) is 11.6 Å². The minimum Gasteiger partial charge on any atom is -0.466 e. The van der Waals surface area contributed by atoms with E-state index in [1.807, 2.05) is 32.2 Å². The molecule has 0 aromatic carbocycles. The Balaban J connectivity index is 2.10. The van der Waals surface area contributed by atoms with Crippen LogP contribution in [0.15, 0.2) is 15.9 Å². The monoisotopic (exact) mass is 293 g/mol. The molecule has 0 aliphatic carbocycles. The van der Waals surface area contributed by atoms with Crippen molar-refractivity contribution in [2.24, 2.45) is 5.73 Å². The zero-order valence-electron chi connectivity index (χ0n) is 11.9. The van der Waals surface area contributed by atoms with Crippen molar-refractivity contribution in [1.82, 2.24) is 4.98 Å². The van der Waals surface area contributed by atoms with Gasteiger partial charge in [0.2, 0.25) is 5.91 Å². The van der Waals surface area contributed by atoms with Gasteiger partial charge in [0.1, 0.15) is 11.5 Å². The molecule has 0 fully saturated rings. The summed E-state index contributed by atoms with van der Waals surface area (Å²) in [5.74, 6) is 1.49. The number of furan rings is 1. The standard InChI is InChI=1S/C14H19N3O2S/c1-4-5-11(15)13(18)17-14-16-12(7-20-14)10-6-8(2)19-9(10)3/h6-7,11H,4-5,15H2,1-3H3,(H,16,17,18). The van der Waals surface area contributed by atoms with E-state index in [9.17, 15) is 4.79 Å². The molecule has 2 heterocycles. The average molecular weight is 293 g/mol. The van der Waals surface area contributed by atoms with E-state index in [2.05, 4.69) is 10.3 Å². The number of carbonyl (C=O) groups is 1. The first-order chi connectivity index (χ1) is 9.51. The van der Waals surface area contributed by atoms with Crippen LogP contribution in [-0.4, -0.2) is 16.9 Å². The van der Waals surface area contributed by atoms with E-state index >= 15 is 0 Å². The number of anilines is 1. The van der Waals surface area contributed by atoms with Gasteiger partial charge < -0.3 is 15.5 Å². The predicted octanol–water partition coefficient (Wildman–Crippen LogP) is 3.09. The lowest BCUT2D eigenvalue weighted by Crippen LogP contribution is -2.35. The lowest BCUT2D eigenvalue weighted by Gasteiger charge is -2.08. The molecule has 3 N–H and O–H groups in total. The van der Waals surface area contributed by atoms with Crippen molar-refractivity contribution < 1.29 is 9.21 Å². The van der Waals surface area contributed by atoms with Gasteiger partial charge in [-0.3, -0.25) is 4.79 Å². The first kappa shape index (κ1) is 14.7. The highest BCUT2D eigenvalue weighted by Crippen LogP contribution is 2.29. The Morgan fingerprint density at radius 2 is 2.30 bits per heavy atom. The summed E-state index contributed by atoms with van der Waals surface area (Å²) in [6.45, 7) is 5.80. The summed E-state index contributed by atoms with van der Waals surface area (Å²) in [6.07, 6.45) is 1.55. The third-order valence-electron chi connectivity index (χ3n) is 2.99. The molecule has 108 valence electrons. The molecular formula is C14H19N3O2S. The molecule has 2 aromatic heterocycles. The van der Waals surface area contributed by atoms with Gasteiger partial charge in [0.25, 0.3) is 0 Å². The van der Waals surface area contributed by atoms with Crippen LogP contribution in [0.5, 0.6) is 0 Å². The lowest BCUT2D eigenvalue weighted by atomic mass is 10.2. The van der Waals surface area contributed by atoms with Crippen LogP contribution in [0.3, 0.4) is 0 Å². The first-order valence-corrected chi connectivity index (χ1v) is 7.48. The van der Waals surface area contributed by atoms with Crippen LogP contribution in [0, 0.1) is 13.8 Å². The maximum Gasteiger partial charge on any atom is 0.243 e. The third-order valence-corrected chi connectivity index (χ3v) is 3.75. The Labute approximate surface area is 122 Å². The number of hydrogen-bond donors (Lipinski definition) is 2. The number of nitrogens with two attached hydrogens (primary N) is 1. The van der Waals surface area contributed by atoms with Crippen LogP contribution < -0.4 is 11.1 Å². The fraction of sp³-hybridized carbons (Fsp3) is 0.429. The van der Waals surface area contributed by atoms with Gasteiger partial charge in [-0.05, 0) is 26.3 Å². The molecule has 1 amide bonds. The zero-order valence-corrected chi connectivity index (χ0v) is 12.7. The second-order valence-corrected chi connectivity index (χ2v) is 5.61. The van der Waals surface area contributed by atoms with E-state index in [-0.39, 0.29) is 5.91 Å². The summed E-state index contributed by atoms with van der Waals surface area (Å²) in [4.78, 5) is 16.2. The molecule has 0 spiro atoms. The molecule has 6 heteroatoms. The highest BCUT2D eigenvalue weighted by molar-refractivity contribution is 7.14. The van der Waals surface area contributed by atoms with Crippen molar-refractivity contribution in [3.05, 3.63) is 23.0 Å². The minimum atomic E-state index is -0.481. The smallest absolute Gasteiger partial charge is 0.243 e. The number of aromatic nitrogens is 1. The molecule has 2 aromatic rings. The lowest BCUT2D eigenvalue weighted by molar-refractivity contribution is -0.117. The number of rotatable bonds is 5. The number of thiazole rings is 1. The molecule has 1 atom stereocenters. The molecule has 2 rings (SSSR count). The van der Waals surface area contributed by atoms with Crippen molar-refractivity contribution in [1.29, 1.82) is 0 Å². The molecule has 20 heavy (non-hydrogen) atoms. The second kappa shape index (κ2) is 6.19. The fourth-order valence-electron chi connectivity index (χ4n) is 1.98. The number of nitrogens with zero attached hydrogens (tertiary/aromatic N) is 1. The summed E-state index contributed by atoms with van der Waals surface area (Å²) in [6, 6.07) is 1.46. The van der Waals surface area contributed by atoms with Gasteiger partial charge in [-0.2, -0.15) is 0 Å². The van der Waals surface area contributed by atoms with Crippen molar-refractivity contribution in [3.8, 4) is 11.3 Å². The molecule has 0 radical (unpaired) electrons. The van der Waals surface area contributed by atoms with Gasteiger partial charge >= 0.3 is 0 Å². The second-order valence-electron chi connectivity index (χ2n) is 4.75. The quantitative estimate of drug-likeness (QED) is 0.887. The normalized spacial score (nSPS) is 12.4. The highest BCUT2D eigenvalue weighted by atomic mass is 32.1. The SMILES string of the molecule is CCCC(N)C(=O)Nc1nc(-c2cc(C)oc2C)cs1. The number of carbonyl (C=O) groups excluding carboxylic acids is 1. The topological polar surface area (TPSA) is 81.2 Å². The van der Waals surface area contributed by atoms with E-state index < -0.39 is 6.04 Å². The summed E-state index contributed by atoms with van der Waals surface area (Å²) in [5, 5.41) is 5.22. The van der Waals surface area contributed by atoms with E-state index in [4.69, 9.17) is 10.2 Å². The van der Waals surface area contributed by atoms with Gasteiger partial charge in [0, 0.05) is 10.9 Å². The van der Waals surface area contributed by atoms with Crippen molar-refractivity contribution in [2.75, 3.05) is 5.32 Å². The van der Waals surface area contributed by atoms with Gasteiger partial charge in [-0.15, -0.1) is 11.3 Å². The van der Waals surface area contributed by atoms with Crippen molar-refractivity contribution in [2.45, 2.75) is 39.7 Å². The van der Waals surface area contributed by atoms with Crippen LogP contribution in [-0.2, 0) is 4.79 Å². The zero-order chi connectivity index (χ0) is 14.7. The minimum absolute atomic E-state index is 0.187. The fourth-order valence-corrected chi connectivity index (χ4v) is 2.69. The molecule has 0 bridgehead atoms. The van der Waals surface area contributed by atoms with Gasteiger partial charge in [-0.25, -0.2) is 4.98 Å². The van der Waals surface area contributed by atoms with Crippen LogP contribution in [0.4, 0.5) is 5.13 Å². The Bertz CT molecular complexity index is 603. The summed E-state index contributed by atoms with van der Waals surface area (Å²) < 4.78 is 5.49. The molecule has 0 saturated heterocycles. The van der Waals surface area contributed by atoms with E-state index in [1.54, 1.807) is 0 Å². The number of hydrogen-bond acceptors (Lipinski definition) is 5. The number of aryl methyl sites for hydroxylation is 2. The van der Waals surface area contributed by atoms with Crippen LogP contribution >= 0.6 is 11.3 Å². The Morgan fingerprint density at radius 3 is 2.90 bits per heavy atom. The highest BCUT2D eigenvalue weighted by Gasteiger charge is 2.16. The molecule has 0 aliphatic rings. The predicted molar refractivity (Wildman–Crippen MR) is 80.8 cm³/mol. The molecular weight excluding hydrogens is 274 g/mol. The Morgan fingerprint density at radius 1 is 1.55 bits per heavy atom. The summed E-state index contributed by atoms with van der Waals surface area (Å²) in [5.41, 5.74) is 7.54. The first-order valence-electron chi connectivity index (χ1n) is 6.60. The average Bonchev–Trinajstić information content (AvgIpc) is 2.96. The molecule has 1 unspecified atom stereocenters. The summed E-state index contributed by atoms with van der Waals surface area (Å²) in [7, 11) is 0. The molecule has 0 aliphatic heterocycles. The molecule has 5 nitrogen and oxygen atoms in total. The maximum absolute atomic E-state index is 11.8. The van der Waals surface area contributed by atoms with Crippen LogP contribution in [0.25, 0.3) is 11.3 Å². The molecule has 0 saturated carbocycles. The van der Waals surface area contributed by atoms with Gasteiger partial charge in [0.05, 0.1) is 11.7 Å². The largest absolute Gasteiger partial charge is 0.466 e. The Hall–Kier alpha value is -1.66. The van der Waals surface area contributed by atoms with Gasteiger partial charge in [-0.1, -0.05) is 13.3 Å². The summed E-state index contributed by atoms with van der Waals surface area (Å²) >= 11 is 1.39. The van der Waals surface area contributed by atoms with Crippen LogP contribution in [0.1, 0.15) is 31.3 Å². The number of amides is 1. The maximum atomic E-state index is 11.8.